The Labute approximate surface area is 128 Å². The lowest BCUT2D eigenvalue weighted by Crippen LogP contribution is -2.42. The van der Waals surface area contributed by atoms with Crippen molar-refractivity contribution >= 4 is 38.7 Å². The lowest BCUT2D eigenvalue weighted by molar-refractivity contribution is 0.274. The average molecular weight is 308 g/mol. The number of rotatable bonds is 1. The molecule has 0 spiro atoms. The normalized spacial score (nSPS) is 20.2. The monoisotopic (exact) mass is 307 g/mol. The van der Waals surface area contributed by atoms with Crippen LogP contribution in [0.25, 0.3) is 15.8 Å². The number of halogens is 1. The van der Waals surface area contributed by atoms with E-state index in [4.69, 9.17) is 11.6 Å². The summed E-state index contributed by atoms with van der Waals surface area (Å²) in [5.74, 6) is 0. The van der Waals surface area contributed by atoms with Crippen LogP contribution in [-0.4, -0.2) is 22.6 Å². The van der Waals surface area contributed by atoms with Gasteiger partial charge in [-0.15, -0.1) is 11.3 Å². The molecule has 0 saturated heterocycles. The van der Waals surface area contributed by atoms with Crippen molar-refractivity contribution < 1.29 is 0 Å². The molecule has 0 amide bonds. The first-order valence-corrected chi connectivity index (χ1v) is 7.97. The van der Waals surface area contributed by atoms with Gasteiger partial charge in [0, 0.05) is 17.5 Å². The molecule has 3 nitrogen and oxygen atoms in total. The van der Waals surface area contributed by atoms with Gasteiger partial charge in [-0.3, -0.25) is 0 Å². The fourth-order valence-electron chi connectivity index (χ4n) is 2.50. The minimum absolute atomic E-state index is 0.258. The summed E-state index contributed by atoms with van der Waals surface area (Å²) >= 11 is 7.83. The zero-order chi connectivity index (χ0) is 14.3. The Bertz CT molecular complexity index is 669. The van der Waals surface area contributed by atoms with Gasteiger partial charge in [-0.05, 0) is 23.5 Å². The average Bonchev–Trinajstić information content (AvgIpc) is 2.83. The van der Waals surface area contributed by atoms with E-state index in [-0.39, 0.29) is 5.41 Å². The van der Waals surface area contributed by atoms with Gasteiger partial charge >= 0.3 is 0 Å². The highest BCUT2D eigenvalue weighted by Crippen LogP contribution is 2.37. The second-order valence-electron chi connectivity index (χ2n) is 6.25. The molecule has 20 heavy (non-hydrogen) atoms. The van der Waals surface area contributed by atoms with Gasteiger partial charge in [0.25, 0.3) is 0 Å². The second kappa shape index (κ2) is 5.10. The van der Waals surface area contributed by atoms with Gasteiger partial charge in [-0.2, -0.15) is 0 Å². The summed E-state index contributed by atoms with van der Waals surface area (Å²) in [5.41, 5.74) is 2.59. The zero-order valence-corrected chi connectivity index (χ0v) is 13.5. The van der Waals surface area contributed by atoms with Crippen molar-refractivity contribution in [3.05, 3.63) is 28.5 Å². The molecule has 2 aromatic heterocycles. The molecule has 1 aliphatic rings. The lowest BCUT2D eigenvalue weighted by atomic mass is 9.81. The van der Waals surface area contributed by atoms with Crippen LogP contribution >= 0.6 is 22.9 Å². The van der Waals surface area contributed by atoms with E-state index in [1.165, 1.54) is 16.8 Å². The van der Waals surface area contributed by atoms with Crippen molar-refractivity contribution in [2.45, 2.75) is 33.2 Å². The molecule has 5 heteroatoms. The van der Waals surface area contributed by atoms with Crippen LogP contribution in [0.4, 0.5) is 0 Å². The predicted molar refractivity (Wildman–Crippen MR) is 86.3 cm³/mol. The van der Waals surface area contributed by atoms with Crippen molar-refractivity contribution in [1.29, 1.82) is 0 Å². The Morgan fingerprint density at radius 1 is 1.35 bits per heavy atom. The summed E-state index contributed by atoms with van der Waals surface area (Å²) in [6.45, 7) is 7.76. The molecule has 3 heterocycles. The maximum absolute atomic E-state index is 6.14. The largest absolute Gasteiger partial charge is 0.310 e. The van der Waals surface area contributed by atoms with Gasteiger partial charge in [0.1, 0.15) is 11.5 Å². The number of hydrogen-bond donors (Lipinski definition) is 1. The van der Waals surface area contributed by atoms with Crippen molar-refractivity contribution in [2.24, 2.45) is 5.41 Å². The van der Waals surface area contributed by atoms with Gasteiger partial charge in [0.2, 0.25) is 0 Å². The molecular weight excluding hydrogens is 290 g/mol. The standard InChI is InChI=1S/C15H18ClN3S/c1-15(2,3)12-6-9(4-5-17-12)11-7-10-13(20-11)14(16)19-8-18-10/h4,7-8,12,17H,5-6H2,1-3H3. The van der Waals surface area contributed by atoms with E-state index in [0.717, 1.165) is 23.2 Å². The summed E-state index contributed by atoms with van der Waals surface area (Å²) in [7, 11) is 0. The minimum Gasteiger partial charge on any atom is -0.310 e. The van der Waals surface area contributed by atoms with E-state index in [1.807, 2.05) is 0 Å². The van der Waals surface area contributed by atoms with Gasteiger partial charge in [0.15, 0.2) is 0 Å². The SMILES string of the molecule is CC(C)(C)C1CC(c2cc3ncnc(Cl)c3s2)=CCN1. The number of aromatic nitrogens is 2. The fourth-order valence-corrected chi connectivity index (χ4v) is 3.79. The minimum atomic E-state index is 0.258. The molecular formula is C15H18ClN3S. The van der Waals surface area contributed by atoms with Crippen molar-refractivity contribution in [3.8, 4) is 0 Å². The van der Waals surface area contributed by atoms with Crippen LogP contribution in [0.3, 0.4) is 0 Å². The van der Waals surface area contributed by atoms with E-state index in [2.05, 4.69) is 48.2 Å². The van der Waals surface area contributed by atoms with Crippen LogP contribution in [0.5, 0.6) is 0 Å². The molecule has 1 unspecified atom stereocenters. The maximum Gasteiger partial charge on any atom is 0.150 e. The van der Waals surface area contributed by atoms with E-state index < -0.39 is 0 Å². The summed E-state index contributed by atoms with van der Waals surface area (Å²) in [4.78, 5) is 9.61. The first kappa shape index (κ1) is 14.0. The predicted octanol–water partition coefficient (Wildman–Crippen LogP) is 4.14. The third kappa shape index (κ3) is 2.60. The number of nitrogens with zero attached hydrogens (tertiary/aromatic N) is 2. The highest BCUT2D eigenvalue weighted by molar-refractivity contribution is 7.20. The highest BCUT2D eigenvalue weighted by atomic mass is 35.5. The molecule has 0 bridgehead atoms. The van der Waals surface area contributed by atoms with E-state index in [9.17, 15) is 0 Å². The Morgan fingerprint density at radius 3 is 2.85 bits per heavy atom. The second-order valence-corrected chi connectivity index (χ2v) is 7.66. The Balaban J connectivity index is 1.95. The van der Waals surface area contributed by atoms with Crippen molar-refractivity contribution in [1.82, 2.24) is 15.3 Å². The summed E-state index contributed by atoms with van der Waals surface area (Å²) < 4.78 is 0.982. The van der Waals surface area contributed by atoms with E-state index in [1.54, 1.807) is 11.3 Å². The Hall–Kier alpha value is -0.970. The molecule has 1 N–H and O–H groups in total. The molecule has 0 fully saturated rings. The molecule has 1 atom stereocenters. The zero-order valence-electron chi connectivity index (χ0n) is 11.9. The fraction of sp³-hybridized carbons (Fsp3) is 0.467. The van der Waals surface area contributed by atoms with Crippen LogP contribution in [0.2, 0.25) is 5.15 Å². The maximum atomic E-state index is 6.14. The van der Waals surface area contributed by atoms with Crippen LogP contribution in [0.15, 0.2) is 18.5 Å². The van der Waals surface area contributed by atoms with Crippen LogP contribution < -0.4 is 5.32 Å². The third-order valence-electron chi connectivity index (χ3n) is 3.77. The number of hydrogen-bond acceptors (Lipinski definition) is 4. The first-order valence-electron chi connectivity index (χ1n) is 6.78. The van der Waals surface area contributed by atoms with Crippen LogP contribution in [0.1, 0.15) is 32.1 Å². The summed E-state index contributed by atoms with van der Waals surface area (Å²) in [5, 5.41) is 4.13. The van der Waals surface area contributed by atoms with Gasteiger partial charge in [-0.1, -0.05) is 38.4 Å². The van der Waals surface area contributed by atoms with Crippen LogP contribution in [-0.2, 0) is 0 Å². The molecule has 1 aliphatic heterocycles. The third-order valence-corrected chi connectivity index (χ3v) is 5.37. The van der Waals surface area contributed by atoms with Gasteiger partial charge < -0.3 is 5.32 Å². The Kier molecular flexibility index (Phi) is 3.56. The van der Waals surface area contributed by atoms with E-state index in [0.29, 0.717) is 11.2 Å². The van der Waals surface area contributed by atoms with Gasteiger partial charge in [0.05, 0.1) is 10.2 Å². The number of fused-ring (bicyclic) bond motifs is 1. The molecule has 0 aromatic carbocycles. The molecule has 3 rings (SSSR count). The van der Waals surface area contributed by atoms with Crippen LogP contribution in [0, 0.1) is 5.41 Å². The lowest BCUT2D eigenvalue weighted by Gasteiger charge is -2.34. The van der Waals surface area contributed by atoms with E-state index >= 15 is 0 Å². The highest BCUT2D eigenvalue weighted by Gasteiger charge is 2.27. The smallest absolute Gasteiger partial charge is 0.150 e. The topological polar surface area (TPSA) is 37.8 Å². The molecule has 106 valence electrons. The van der Waals surface area contributed by atoms with Gasteiger partial charge in [-0.25, -0.2) is 9.97 Å². The first-order chi connectivity index (χ1) is 9.45. The Morgan fingerprint density at radius 2 is 2.15 bits per heavy atom. The molecule has 0 radical (unpaired) electrons. The molecule has 0 aliphatic carbocycles. The summed E-state index contributed by atoms with van der Waals surface area (Å²) in [6.07, 6.45) is 4.84. The number of nitrogens with one attached hydrogen (secondary N) is 1. The summed E-state index contributed by atoms with van der Waals surface area (Å²) in [6, 6.07) is 2.62. The molecule has 2 aromatic rings. The van der Waals surface area contributed by atoms with Crippen molar-refractivity contribution in [3.63, 3.8) is 0 Å². The number of thiophene rings is 1. The van der Waals surface area contributed by atoms with Crippen molar-refractivity contribution in [2.75, 3.05) is 6.54 Å². The quantitative estimate of drug-likeness (QED) is 0.805. The molecule has 0 saturated carbocycles.